The maximum Gasteiger partial charge on any atom is 0.338 e. The van der Waals surface area contributed by atoms with E-state index in [0.717, 1.165) is 3.79 Å². The van der Waals surface area contributed by atoms with Crippen molar-refractivity contribution in [3.8, 4) is 0 Å². The van der Waals surface area contributed by atoms with E-state index in [1.165, 1.54) is 11.3 Å². The fraction of sp³-hybridized carbons (Fsp3) is 0.500. The molecule has 16 heavy (non-hydrogen) atoms. The number of carbonyl (C=O) groups is 1. The first kappa shape index (κ1) is 13.6. The maximum absolute atomic E-state index is 11.1. The molecule has 1 aromatic heterocycles. The molecule has 4 nitrogen and oxygen atoms in total. The van der Waals surface area contributed by atoms with Crippen molar-refractivity contribution in [2.75, 3.05) is 0 Å². The Balaban J connectivity index is 2.80. The first-order valence-electron chi connectivity index (χ1n) is 4.73. The van der Waals surface area contributed by atoms with Crippen LogP contribution in [0.15, 0.2) is 15.9 Å². The zero-order valence-corrected chi connectivity index (χ0v) is 11.3. The molecular weight excluding hydrogens is 296 g/mol. The summed E-state index contributed by atoms with van der Waals surface area (Å²) >= 11 is 4.57. The molecule has 0 amide bonds. The standard InChI is InChI=1S/C10H13BrO4S/c1-5(12)6(2)15-9(10(13)14)7-3-4-8(11)16-7/h3-6,9,12H,1-2H3,(H,13,14). The molecule has 6 heteroatoms. The molecule has 1 aromatic rings. The summed E-state index contributed by atoms with van der Waals surface area (Å²) in [5.41, 5.74) is 0. The molecule has 0 aliphatic rings. The van der Waals surface area contributed by atoms with Crippen LogP contribution in [0.25, 0.3) is 0 Å². The number of hydrogen-bond acceptors (Lipinski definition) is 4. The van der Waals surface area contributed by atoms with Crippen molar-refractivity contribution in [3.63, 3.8) is 0 Å². The van der Waals surface area contributed by atoms with Crippen LogP contribution >= 0.6 is 27.3 Å². The molecule has 0 aliphatic heterocycles. The van der Waals surface area contributed by atoms with Gasteiger partial charge in [0.25, 0.3) is 0 Å². The van der Waals surface area contributed by atoms with Crippen LogP contribution in [-0.2, 0) is 9.53 Å². The number of aliphatic hydroxyl groups excluding tert-OH is 1. The number of aliphatic carboxylic acids is 1. The molecule has 0 saturated heterocycles. The quantitative estimate of drug-likeness (QED) is 0.876. The van der Waals surface area contributed by atoms with Gasteiger partial charge in [-0.2, -0.15) is 0 Å². The number of aliphatic hydroxyl groups is 1. The summed E-state index contributed by atoms with van der Waals surface area (Å²) in [6.45, 7) is 3.21. The van der Waals surface area contributed by atoms with E-state index in [1.54, 1.807) is 26.0 Å². The van der Waals surface area contributed by atoms with Crippen molar-refractivity contribution in [2.45, 2.75) is 32.2 Å². The zero-order valence-electron chi connectivity index (χ0n) is 8.88. The highest BCUT2D eigenvalue weighted by Crippen LogP contribution is 2.30. The first-order valence-corrected chi connectivity index (χ1v) is 6.34. The first-order chi connectivity index (χ1) is 7.41. The molecule has 90 valence electrons. The van der Waals surface area contributed by atoms with Gasteiger partial charge in [0.1, 0.15) is 0 Å². The van der Waals surface area contributed by atoms with Gasteiger partial charge >= 0.3 is 5.97 Å². The molecule has 2 N–H and O–H groups in total. The van der Waals surface area contributed by atoms with Crippen LogP contribution in [0, 0.1) is 0 Å². The van der Waals surface area contributed by atoms with Crippen LogP contribution in [0.2, 0.25) is 0 Å². The lowest BCUT2D eigenvalue weighted by molar-refractivity contribution is -0.158. The second-order valence-electron chi connectivity index (χ2n) is 3.44. The van der Waals surface area contributed by atoms with Gasteiger partial charge in [0, 0.05) is 4.88 Å². The Morgan fingerprint density at radius 2 is 2.12 bits per heavy atom. The number of carboxylic acids is 1. The number of hydrogen-bond donors (Lipinski definition) is 2. The van der Waals surface area contributed by atoms with Gasteiger partial charge in [-0.05, 0) is 41.9 Å². The van der Waals surface area contributed by atoms with Crippen LogP contribution in [0.5, 0.6) is 0 Å². The van der Waals surface area contributed by atoms with Crippen molar-refractivity contribution in [1.29, 1.82) is 0 Å². The van der Waals surface area contributed by atoms with Crippen molar-refractivity contribution in [2.24, 2.45) is 0 Å². The van der Waals surface area contributed by atoms with Crippen LogP contribution < -0.4 is 0 Å². The molecule has 0 fully saturated rings. The zero-order chi connectivity index (χ0) is 12.3. The molecule has 1 rings (SSSR count). The Morgan fingerprint density at radius 1 is 1.50 bits per heavy atom. The molecule has 0 bridgehead atoms. The molecule has 0 aromatic carbocycles. The fourth-order valence-corrected chi connectivity index (χ4v) is 2.50. The van der Waals surface area contributed by atoms with E-state index in [-0.39, 0.29) is 0 Å². The maximum atomic E-state index is 11.1. The van der Waals surface area contributed by atoms with E-state index in [9.17, 15) is 9.90 Å². The Labute approximate surface area is 106 Å². The summed E-state index contributed by atoms with van der Waals surface area (Å²) < 4.78 is 6.16. The smallest absolute Gasteiger partial charge is 0.338 e. The van der Waals surface area contributed by atoms with Crippen LogP contribution in [0.3, 0.4) is 0 Å². The van der Waals surface area contributed by atoms with Crippen LogP contribution in [0.4, 0.5) is 0 Å². The van der Waals surface area contributed by atoms with Crippen LogP contribution in [0.1, 0.15) is 24.8 Å². The predicted octanol–water partition coefficient (Wildman–Crippen LogP) is 2.42. The molecule has 0 aliphatic carbocycles. The lowest BCUT2D eigenvalue weighted by Gasteiger charge is -2.20. The molecule has 0 radical (unpaired) electrons. The molecular formula is C10H13BrO4S. The highest BCUT2D eigenvalue weighted by Gasteiger charge is 2.26. The van der Waals surface area contributed by atoms with Gasteiger partial charge in [0.05, 0.1) is 16.0 Å². The van der Waals surface area contributed by atoms with E-state index >= 15 is 0 Å². The van der Waals surface area contributed by atoms with Gasteiger partial charge in [0.15, 0.2) is 6.10 Å². The molecule has 3 unspecified atom stereocenters. The Hall–Kier alpha value is -0.430. The fourth-order valence-electron chi connectivity index (χ4n) is 1.04. The van der Waals surface area contributed by atoms with Crippen molar-refractivity contribution < 1.29 is 19.7 Å². The van der Waals surface area contributed by atoms with Gasteiger partial charge in [-0.15, -0.1) is 11.3 Å². The van der Waals surface area contributed by atoms with Gasteiger partial charge in [0.2, 0.25) is 0 Å². The summed E-state index contributed by atoms with van der Waals surface area (Å²) in [5.74, 6) is -1.05. The van der Waals surface area contributed by atoms with Gasteiger partial charge in [-0.3, -0.25) is 0 Å². The van der Waals surface area contributed by atoms with E-state index in [1.807, 2.05) is 0 Å². The minimum Gasteiger partial charge on any atom is -0.479 e. The topological polar surface area (TPSA) is 66.8 Å². The molecule has 0 spiro atoms. The molecule has 0 saturated carbocycles. The second kappa shape index (κ2) is 5.77. The SMILES string of the molecule is CC(O)C(C)OC(C(=O)O)c1ccc(Br)s1. The lowest BCUT2D eigenvalue weighted by atomic mass is 10.2. The number of ether oxygens (including phenoxy) is 1. The second-order valence-corrected chi connectivity index (χ2v) is 5.94. The molecule has 3 atom stereocenters. The van der Waals surface area contributed by atoms with Gasteiger partial charge in [-0.25, -0.2) is 4.79 Å². The van der Waals surface area contributed by atoms with Crippen molar-refractivity contribution in [3.05, 3.63) is 20.8 Å². The van der Waals surface area contributed by atoms with Gasteiger partial charge in [-0.1, -0.05) is 0 Å². The summed E-state index contributed by atoms with van der Waals surface area (Å²) in [6, 6.07) is 3.47. The van der Waals surface area contributed by atoms with Crippen molar-refractivity contribution >= 4 is 33.2 Å². The third-order valence-corrected chi connectivity index (χ3v) is 3.77. The largest absolute Gasteiger partial charge is 0.479 e. The van der Waals surface area contributed by atoms with E-state index < -0.39 is 24.3 Å². The lowest BCUT2D eigenvalue weighted by Crippen LogP contribution is -2.27. The average Bonchev–Trinajstić information content (AvgIpc) is 2.59. The van der Waals surface area contributed by atoms with Crippen molar-refractivity contribution in [1.82, 2.24) is 0 Å². The van der Waals surface area contributed by atoms with E-state index in [2.05, 4.69) is 15.9 Å². The number of carboxylic acid groups (broad SMARTS) is 1. The van der Waals surface area contributed by atoms with E-state index in [4.69, 9.17) is 9.84 Å². The third kappa shape index (κ3) is 3.55. The Bertz CT molecular complexity index is 363. The molecule has 1 heterocycles. The average molecular weight is 309 g/mol. The summed E-state index contributed by atoms with van der Waals surface area (Å²) in [4.78, 5) is 11.7. The minimum absolute atomic E-state index is 0.526. The van der Waals surface area contributed by atoms with Crippen LogP contribution in [-0.4, -0.2) is 28.4 Å². The minimum atomic E-state index is -1.05. The summed E-state index contributed by atoms with van der Waals surface area (Å²) in [5, 5.41) is 18.3. The highest BCUT2D eigenvalue weighted by molar-refractivity contribution is 9.11. The summed E-state index contributed by atoms with van der Waals surface area (Å²) in [6.07, 6.45) is -2.26. The van der Waals surface area contributed by atoms with Gasteiger partial charge < -0.3 is 14.9 Å². The monoisotopic (exact) mass is 308 g/mol. The summed E-state index contributed by atoms with van der Waals surface area (Å²) in [7, 11) is 0. The van der Waals surface area contributed by atoms with E-state index in [0.29, 0.717) is 4.88 Å². The highest BCUT2D eigenvalue weighted by atomic mass is 79.9. The third-order valence-electron chi connectivity index (χ3n) is 2.11. The Kier molecular flexibility index (Phi) is 4.91. The number of thiophene rings is 1. The Morgan fingerprint density at radius 3 is 2.50 bits per heavy atom. The predicted molar refractivity (Wildman–Crippen MR) is 64.6 cm³/mol. The number of halogens is 1. The normalized spacial score (nSPS) is 16.8. The number of rotatable bonds is 5.